The van der Waals surface area contributed by atoms with Gasteiger partial charge in [-0.05, 0) is 70.6 Å². The van der Waals surface area contributed by atoms with Crippen molar-refractivity contribution in [1.82, 2.24) is 5.32 Å². The van der Waals surface area contributed by atoms with Crippen molar-refractivity contribution in [2.45, 2.75) is 199 Å². The lowest BCUT2D eigenvalue weighted by molar-refractivity contribution is -0.124. The number of aliphatic hydroxyl groups is 2. The summed E-state index contributed by atoms with van der Waals surface area (Å²) >= 11 is 0. The van der Waals surface area contributed by atoms with Gasteiger partial charge in [0, 0.05) is 6.54 Å². The fraction of sp³-hybridized carbons (Fsp3) is 0.791. The second-order valence-electron chi connectivity index (χ2n) is 14.4. The topological polar surface area (TPSA) is 151 Å². The molecule has 0 rings (SSSR count). The molecule has 0 aromatic heterocycles. The zero-order valence-electron chi connectivity index (χ0n) is 33.9. The maximum atomic E-state index is 12.8. The van der Waals surface area contributed by atoms with E-state index in [4.69, 9.17) is 14.8 Å². The highest BCUT2D eigenvalue weighted by Gasteiger charge is 2.27. The Morgan fingerprint density at radius 1 is 0.642 bits per heavy atom. The molecular formula is C43H81N2O7P. The molecule has 9 nitrogen and oxygen atoms in total. The first-order valence-electron chi connectivity index (χ1n) is 21.3. The molecule has 0 saturated heterocycles. The monoisotopic (exact) mass is 769 g/mol. The Kier molecular flexibility index (Phi) is 37.5. The lowest BCUT2D eigenvalue weighted by Crippen LogP contribution is -2.46. The van der Waals surface area contributed by atoms with E-state index >= 15 is 0 Å². The number of amides is 1. The van der Waals surface area contributed by atoms with Crippen molar-refractivity contribution in [2.75, 3.05) is 19.8 Å². The number of carbonyl (C=O) groups is 1. The lowest BCUT2D eigenvalue weighted by Gasteiger charge is -2.24. The van der Waals surface area contributed by atoms with E-state index in [0.717, 1.165) is 57.8 Å². The van der Waals surface area contributed by atoms with Crippen LogP contribution in [0.3, 0.4) is 0 Å². The molecule has 4 atom stereocenters. The third-order valence-electron chi connectivity index (χ3n) is 9.16. The molecule has 0 aromatic carbocycles. The third kappa shape index (κ3) is 37.1. The van der Waals surface area contributed by atoms with E-state index in [9.17, 15) is 24.5 Å². The number of unbranched alkanes of at least 4 members (excludes halogenated alkanes) is 19. The zero-order valence-corrected chi connectivity index (χ0v) is 34.8. The maximum Gasteiger partial charge on any atom is 0.472 e. The summed E-state index contributed by atoms with van der Waals surface area (Å²) in [6.45, 7) is 3.91. The van der Waals surface area contributed by atoms with Crippen LogP contribution in [0, 0.1) is 0 Å². The molecule has 10 heteroatoms. The van der Waals surface area contributed by atoms with Gasteiger partial charge in [0.25, 0.3) is 0 Å². The van der Waals surface area contributed by atoms with E-state index < -0.39 is 38.6 Å². The molecule has 310 valence electrons. The Morgan fingerprint density at radius 2 is 1.08 bits per heavy atom. The molecule has 0 aliphatic heterocycles. The van der Waals surface area contributed by atoms with Gasteiger partial charge in [-0.15, -0.1) is 0 Å². The molecule has 0 fully saturated rings. The highest BCUT2D eigenvalue weighted by Crippen LogP contribution is 2.43. The fourth-order valence-electron chi connectivity index (χ4n) is 5.91. The molecule has 1 amide bonds. The number of aliphatic hydroxyl groups excluding tert-OH is 2. The van der Waals surface area contributed by atoms with Crippen LogP contribution in [0.4, 0.5) is 0 Å². The number of allylic oxidation sites excluding steroid dienone is 7. The van der Waals surface area contributed by atoms with Gasteiger partial charge in [0.05, 0.1) is 37.9 Å². The smallest absolute Gasteiger partial charge is 0.393 e. The molecule has 0 bridgehead atoms. The SMILES string of the molecule is CCCCCCCC/C=C\CCCCCCCC(O)CC(=O)NC(COP(=O)(O)OCCN)C(O)/C=C/CC/C=C/CC/C=C/CCCCCCCC. The molecule has 53 heavy (non-hydrogen) atoms. The number of phosphoric acid groups is 1. The number of phosphoric ester groups is 1. The minimum Gasteiger partial charge on any atom is -0.393 e. The van der Waals surface area contributed by atoms with Crippen molar-refractivity contribution in [3.63, 3.8) is 0 Å². The van der Waals surface area contributed by atoms with Crippen LogP contribution >= 0.6 is 7.82 Å². The van der Waals surface area contributed by atoms with Crippen molar-refractivity contribution in [2.24, 2.45) is 5.73 Å². The summed E-state index contributed by atoms with van der Waals surface area (Å²) < 4.78 is 22.0. The third-order valence-corrected chi connectivity index (χ3v) is 10.1. The Bertz CT molecular complexity index is 988. The normalized spacial score (nSPS) is 15.2. The highest BCUT2D eigenvalue weighted by molar-refractivity contribution is 7.47. The maximum absolute atomic E-state index is 12.8. The van der Waals surface area contributed by atoms with Gasteiger partial charge in [-0.25, -0.2) is 4.57 Å². The van der Waals surface area contributed by atoms with Gasteiger partial charge >= 0.3 is 7.82 Å². The second-order valence-corrected chi connectivity index (χ2v) is 15.8. The average Bonchev–Trinajstić information content (AvgIpc) is 3.13. The second kappa shape index (κ2) is 38.7. The summed E-state index contributed by atoms with van der Waals surface area (Å²) in [4.78, 5) is 22.7. The molecule has 0 saturated carbocycles. The van der Waals surface area contributed by atoms with Crippen molar-refractivity contribution >= 4 is 13.7 Å². The summed E-state index contributed by atoms with van der Waals surface area (Å²) in [6.07, 6.45) is 43.4. The standard InChI is InChI=1S/C43H81N2O7P/c1-3-5-7-9-11-13-15-17-19-21-23-25-27-29-31-33-35-42(47)41(39-52-53(49,50)51-37-36-44)45-43(48)38-40(46)34-32-30-28-26-24-22-20-18-16-14-12-10-8-6-4-2/h17-20,25,27,33,35,40-42,46-47H,3-16,21-24,26,28-32,34,36-39,44H2,1-2H3,(H,45,48)(H,49,50)/b19-17+,20-18-,27-25+,35-33+. The van der Waals surface area contributed by atoms with Crippen LogP contribution in [-0.2, 0) is 18.4 Å². The van der Waals surface area contributed by atoms with Gasteiger partial charge in [-0.1, -0.05) is 152 Å². The van der Waals surface area contributed by atoms with Crippen LogP contribution in [-0.4, -0.2) is 59.0 Å². The molecule has 6 N–H and O–H groups in total. The summed E-state index contributed by atoms with van der Waals surface area (Å²) in [7, 11) is -4.41. The highest BCUT2D eigenvalue weighted by atomic mass is 31.2. The summed E-state index contributed by atoms with van der Waals surface area (Å²) in [5.41, 5.74) is 5.35. The first-order chi connectivity index (χ1) is 25.8. The van der Waals surface area contributed by atoms with Crippen LogP contribution in [0.1, 0.15) is 181 Å². The van der Waals surface area contributed by atoms with Gasteiger partial charge in [-0.3, -0.25) is 13.8 Å². The number of nitrogens with two attached hydrogens (primary N) is 1. The first kappa shape index (κ1) is 51.4. The van der Waals surface area contributed by atoms with E-state index in [-0.39, 0.29) is 19.6 Å². The van der Waals surface area contributed by atoms with E-state index in [1.54, 1.807) is 6.08 Å². The number of nitrogens with one attached hydrogen (secondary N) is 1. The number of carbonyl (C=O) groups excluding carboxylic acids is 1. The predicted molar refractivity (Wildman–Crippen MR) is 223 cm³/mol. The molecule has 0 radical (unpaired) electrons. The Balaban J connectivity index is 4.45. The Labute approximate surface area is 325 Å². The largest absolute Gasteiger partial charge is 0.472 e. The van der Waals surface area contributed by atoms with Crippen LogP contribution in [0.25, 0.3) is 0 Å². The molecular weight excluding hydrogens is 687 g/mol. The average molecular weight is 769 g/mol. The number of hydrogen-bond acceptors (Lipinski definition) is 7. The number of rotatable bonds is 39. The van der Waals surface area contributed by atoms with Crippen molar-refractivity contribution in [1.29, 1.82) is 0 Å². The quantitative estimate of drug-likeness (QED) is 0.0235. The predicted octanol–water partition coefficient (Wildman–Crippen LogP) is 10.7. The van der Waals surface area contributed by atoms with Gasteiger partial charge < -0.3 is 26.2 Å². The number of hydrogen-bond donors (Lipinski definition) is 5. The van der Waals surface area contributed by atoms with Gasteiger partial charge in [0.15, 0.2) is 0 Å². The van der Waals surface area contributed by atoms with Crippen LogP contribution in [0.15, 0.2) is 48.6 Å². The zero-order chi connectivity index (χ0) is 39.1. The summed E-state index contributed by atoms with van der Waals surface area (Å²) in [6, 6.07) is -1.01. The van der Waals surface area contributed by atoms with E-state index in [0.29, 0.717) is 12.8 Å². The van der Waals surface area contributed by atoms with Gasteiger partial charge in [0.1, 0.15) is 0 Å². The fourth-order valence-corrected chi connectivity index (χ4v) is 6.67. The van der Waals surface area contributed by atoms with E-state index in [1.165, 1.54) is 89.9 Å². The van der Waals surface area contributed by atoms with Crippen molar-refractivity contribution in [3.05, 3.63) is 48.6 Å². The van der Waals surface area contributed by atoms with E-state index in [2.05, 4.69) is 55.6 Å². The van der Waals surface area contributed by atoms with Crippen molar-refractivity contribution in [3.8, 4) is 0 Å². The minimum absolute atomic E-state index is 0.0401. The summed E-state index contributed by atoms with van der Waals surface area (Å²) in [5, 5.41) is 24.0. The minimum atomic E-state index is -4.41. The first-order valence-corrected chi connectivity index (χ1v) is 22.8. The molecule has 0 aromatic rings. The van der Waals surface area contributed by atoms with Gasteiger partial charge in [-0.2, -0.15) is 0 Å². The Hall–Kier alpha value is -1.58. The van der Waals surface area contributed by atoms with Crippen molar-refractivity contribution < 1.29 is 33.5 Å². The van der Waals surface area contributed by atoms with Gasteiger partial charge in [0.2, 0.25) is 5.91 Å². The van der Waals surface area contributed by atoms with Crippen LogP contribution in [0.5, 0.6) is 0 Å². The van der Waals surface area contributed by atoms with Crippen LogP contribution in [0.2, 0.25) is 0 Å². The molecule has 0 spiro atoms. The lowest BCUT2D eigenvalue weighted by atomic mass is 10.0. The van der Waals surface area contributed by atoms with E-state index in [1.807, 2.05) is 6.08 Å². The van der Waals surface area contributed by atoms with Crippen LogP contribution < -0.4 is 11.1 Å². The summed E-state index contributed by atoms with van der Waals surface area (Å²) in [5.74, 6) is -0.467. The molecule has 4 unspecified atom stereocenters. The molecule has 0 heterocycles. The Morgan fingerprint density at radius 3 is 1.57 bits per heavy atom. The molecule has 0 aliphatic rings. The molecule has 0 aliphatic carbocycles.